The van der Waals surface area contributed by atoms with Gasteiger partial charge in [0.05, 0.1) is 23.6 Å². The Morgan fingerprint density at radius 3 is 2.75 bits per heavy atom. The molecule has 0 spiro atoms. The molecule has 0 saturated heterocycles. The van der Waals surface area contributed by atoms with Gasteiger partial charge in [0.25, 0.3) is 5.91 Å². The van der Waals surface area contributed by atoms with Crippen LogP contribution >= 0.6 is 0 Å². The second-order valence-electron chi connectivity index (χ2n) is 5.19. The van der Waals surface area contributed by atoms with Crippen molar-refractivity contribution in [2.45, 2.75) is 0 Å². The lowest BCUT2D eigenvalue weighted by molar-refractivity contribution is -0.110. The van der Waals surface area contributed by atoms with Crippen LogP contribution in [0.1, 0.15) is 5.56 Å². The number of nitrogens with one attached hydrogen (secondary N) is 3. The highest BCUT2D eigenvalue weighted by atomic mass is 19.1. The molecule has 5 nitrogen and oxygen atoms in total. The number of hydrogen-bond donors (Lipinski definition) is 4. The molecule has 24 heavy (non-hydrogen) atoms. The highest BCUT2D eigenvalue weighted by molar-refractivity contribution is 6.31. The lowest BCUT2D eigenvalue weighted by atomic mass is 10.1. The number of benzene rings is 2. The summed E-state index contributed by atoms with van der Waals surface area (Å²) in [7, 11) is 0. The summed E-state index contributed by atoms with van der Waals surface area (Å²) < 4.78 is 27.1. The zero-order valence-electron chi connectivity index (χ0n) is 12.6. The minimum absolute atomic E-state index is 0.0966. The molecule has 1 heterocycles. The number of carbonyl (C=O) groups excluding carboxylic acids is 1. The molecule has 0 saturated carbocycles. The van der Waals surface area contributed by atoms with Gasteiger partial charge in [0, 0.05) is 24.0 Å². The van der Waals surface area contributed by atoms with Crippen LogP contribution in [0.25, 0.3) is 5.57 Å². The Morgan fingerprint density at radius 2 is 2.00 bits per heavy atom. The molecule has 0 aliphatic carbocycles. The summed E-state index contributed by atoms with van der Waals surface area (Å²) >= 11 is 0. The maximum absolute atomic E-state index is 13.9. The van der Waals surface area contributed by atoms with Crippen molar-refractivity contribution in [2.24, 2.45) is 0 Å². The Balaban J connectivity index is 1.79. The average molecular weight is 331 g/mol. The molecular formula is C17H15F2N3O2. The fourth-order valence-corrected chi connectivity index (χ4v) is 2.40. The molecule has 0 radical (unpaired) electrons. The van der Waals surface area contributed by atoms with E-state index in [1.54, 1.807) is 6.07 Å². The number of halogens is 2. The Labute approximate surface area is 137 Å². The van der Waals surface area contributed by atoms with E-state index in [1.165, 1.54) is 36.5 Å². The predicted octanol–water partition coefficient (Wildman–Crippen LogP) is 2.77. The van der Waals surface area contributed by atoms with E-state index in [1.807, 2.05) is 0 Å². The third-order valence-corrected chi connectivity index (χ3v) is 3.54. The zero-order valence-corrected chi connectivity index (χ0v) is 12.6. The van der Waals surface area contributed by atoms with E-state index < -0.39 is 11.6 Å². The Bertz CT molecular complexity index is 821. The predicted molar refractivity (Wildman–Crippen MR) is 88.6 cm³/mol. The summed E-state index contributed by atoms with van der Waals surface area (Å²) in [4.78, 5) is 12.0. The Morgan fingerprint density at radius 1 is 1.17 bits per heavy atom. The Hall–Kier alpha value is -2.93. The van der Waals surface area contributed by atoms with Crippen molar-refractivity contribution >= 4 is 28.5 Å². The van der Waals surface area contributed by atoms with Crippen LogP contribution in [0.5, 0.6) is 0 Å². The van der Waals surface area contributed by atoms with Gasteiger partial charge in [-0.05, 0) is 36.4 Å². The number of aliphatic hydroxyl groups excluding tert-OH is 1. The monoisotopic (exact) mass is 331 g/mol. The van der Waals surface area contributed by atoms with Gasteiger partial charge >= 0.3 is 0 Å². The topological polar surface area (TPSA) is 73.4 Å². The quantitative estimate of drug-likeness (QED) is 0.636. The minimum atomic E-state index is -0.481. The lowest BCUT2D eigenvalue weighted by Crippen LogP contribution is -2.07. The van der Waals surface area contributed by atoms with Gasteiger partial charge < -0.3 is 21.1 Å². The number of carbonyl (C=O) groups is 1. The fraction of sp³-hybridized carbons (Fsp3) is 0.118. The van der Waals surface area contributed by atoms with E-state index in [0.717, 1.165) is 0 Å². The third-order valence-electron chi connectivity index (χ3n) is 3.54. The molecule has 0 atom stereocenters. The first kappa shape index (κ1) is 15.9. The molecule has 0 aromatic heterocycles. The molecule has 4 N–H and O–H groups in total. The van der Waals surface area contributed by atoms with Gasteiger partial charge in [0.1, 0.15) is 11.6 Å². The minimum Gasteiger partial charge on any atom is -0.395 e. The smallest absolute Gasteiger partial charge is 0.257 e. The number of fused-ring (bicyclic) bond motifs is 1. The third kappa shape index (κ3) is 3.21. The molecule has 0 unspecified atom stereocenters. The van der Waals surface area contributed by atoms with Gasteiger partial charge in [-0.3, -0.25) is 4.79 Å². The normalized spacial score (nSPS) is 14.5. The number of amides is 1. The van der Waals surface area contributed by atoms with Crippen LogP contribution < -0.4 is 16.0 Å². The van der Waals surface area contributed by atoms with Crippen molar-refractivity contribution in [3.05, 3.63) is 59.8 Å². The van der Waals surface area contributed by atoms with Crippen molar-refractivity contribution in [3.63, 3.8) is 0 Å². The molecule has 1 aliphatic heterocycles. The largest absolute Gasteiger partial charge is 0.395 e. The summed E-state index contributed by atoms with van der Waals surface area (Å²) in [6.07, 6.45) is 1.45. The van der Waals surface area contributed by atoms with Gasteiger partial charge in [0.2, 0.25) is 0 Å². The van der Waals surface area contributed by atoms with Gasteiger partial charge in [-0.25, -0.2) is 8.78 Å². The van der Waals surface area contributed by atoms with Crippen LogP contribution in [-0.2, 0) is 4.79 Å². The van der Waals surface area contributed by atoms with Crippen LogP contribution in [0.2, 0.25) is 0 Å². The SMILES string of the molecule is O=C1Nc2cc(F)ccc2/C1=C\Nc1ccc(NCCO)c(F)c1. The first-order valence-corrected chi connectivity index (χ1v) is 7.31. The van der Waals surface area contributed by atoms with E-state index in [0.29, 0.717) is 22.5 Å². The lowest BCUT2D eigenvalue weighted by Gasteiger charge is -2.08. The molecular weight excluding hydrogens is 316 g/mol. The molecule has 1 amide bonds. The summed E-state index contributed by atoms with van der Waals surface area (Å²) in [6.45, 7) is 0.155. The molecule has 2 aromatic rings. The number of rotatable bonds is 5. The van der Waals surface area contributed by atoms with Gasteiger partial charge in [-0.1, -0.05) is 0 Å². The maximum atomic E-state index is 13.9. The molecule has 7 heteroatoms. The number of aliphatic hydroxyl groups is 1. The highest BCUT2D eigenvalue weighted by Crippen LogP contribution is 2.32. The van der Waals surface area contributed by atoms with E-state index in [4.69, 9.17) is 5.11 Å². The van der Waals surface area contributed by atoms with E-state index in [-0.39, 0.29) is 24.7 Å². The second kappa shape index (κ2) is 6.67. The van der Waals surface area contributed by atoms with Gasteiger partial charge in [-0.15, -0.1) is 0 Å². The van der Waals surface area contributed by atoms with Crippen molar-refractivity contribution in [1.82, 2.24) is 0 Å². The van der Waals surface area contributed by atoms with Gasteiger partial charge in [0.15, 0.2) is 0 Å². The van der Waals surface area contributed by atoms with E-state index >= 15 is 0 Å². The molecule has 2 aromatic carbocycles. The number of hydrogen-bond acceptors (Lipinski definition) is 4. The van der Waals surface area contributed by atoms with Crippen LogP contribution in [0.15, 0.2) is 42.6 Å². The van der Waals surface area contributed by atoms with Crippen molar-refractivity contribution in [1.29, 1.82) is 0 Å². The molecule has 124 valence electrons. The standard InChI is InChI=1S/C17H15F2N3O2/c18-10-1-3-12-13(17(24)22-16(12)7-10)9-21-11-2-4-15(14(19)8-11)20-5-6-23/h1-4,7-9,20-21,23H,5-6H2,(H,22,24)/b13-9+. The van der Waals surface area contributed by atoms with Crippen LogP contribution in [0.3, 0.4) is 0 Å². The summed E-state index contributed by atoms with van der Waals surface area (Å²) in [5.41, 5.74) is 2.06. The van der Waals surface area contributed by atoms with Crippen LogP contribution in [0, 0.1) is 11.6 Å². The van der Waals surface area contributed by atoms with E-state index in [9.17, 15) is 13.6 Å². The zero-order chi connectivity index (χ0) is 17.1. The van der Waals surface area contributed by atoms with Gasteiger partial charge in [-0.2, -0.15) is 0 Å². The second-order valence-corrected chi connectivity index (χ2v) is 5.19. The summed E-state index contributed by atoms with van der Waals surface area (Å²) in [5, 5.41) is 16.9. The maximum Gasteiger partial charge on any atom is 0.257 e. The molecule has 0 bridgehead atoms. The van der Waals surface area contributed by atoms with Crippen molar-refractivity contribution < 1.29 is 18.7 Å². The van der Waals surface area contributed by atoms with Crippen molar-refractivity contribution in [2.75, 3.05) is 29.1 Å². The number of anilines is 3. The summed E-state index contributed by atoms with van der Waals surface area (Å²) in [6, 6.07) is 8.47. The molecule has 0 fully saturated rings. The fourth-order valence-electron chi connectivity index (χ4n) is 2.40. The molecule has 3 rings (SSSR count). The average Bonchev–Trinajstić information content (AvgIpc) is 2.86. The first-order valence-electron chi connectivity index (χ1n) is 7.31. The van der Waals surface area contributed by atoms with E-state index in [2.05, 4.69) is 16.0 Å². The van der Waals surface area contributed by atoms with Crippen molar-refractivity contribution in [3.8, 4) is 0 Å². The van der Waals surface area contributed by atoms with Crippen LogP contribution in [-0.4, -0.2) is 24.2 Å². The first-order chi connectivity index (χ1) is 11.6. The Kier molecular flexibility index (Phi) is 4.43. The van der Waals surface area contributed by atoms with Crippen LogP contribution in [0.4, 0.5) is 25.8 Å². The molecule has 1 aliphatic rings. The highest BCUT2D eigenvalue weighted by Gasteiger charge is 2.24. The summed E-state index contributed by atoms with van der Waals surface area (Å²) in [5.74, 6) is -1.27.